The van der Waals surface area contributed by atoms with Crippen LogP contribution >= 0.6 is 0 Å². The Kier molecular flexibility index (Phi) is 2.21. The van der Waals surface area contributed by atoms with Crippen molar-refractivity contribution in [3.8, 4) is 0 Å². The largest absolute Gasteiger partial charge is 0.316 e. The smallest absolute Gasteiger partial charge is 0.159 e. The predicted molar refractivity (Wildman–Crippen MR) is 56.0 cm³/mol. The van der Waals surface area contributed by atoms with Gasteiger partial charge >= 0.3 is 0 Å². The van der Waals surface area contributed by atoms with E-state index in [2.05, 4.69) is 21.4 Å². The van der Waals surface area contributed by atoms with Gasteiger partial charge in [0.2, 0.25) is 0 Å². The normalized spacial score (nSPS) is 11.1. The van der Waals surface area contributed by atoms with Crippen molar-refractivity contribution in [1.82, 2.24) is 19.9 Å². The predicted octanol–water partition coefficient (Wildman–Crippen LogP) is 0.996. The van der Waals surface area contributed by atoms with Crippen molar-refractivity contribution in [2.75, 3.05) is 7.05 Å². The molecule has 0 spiro atoms. The lowest BCUT2D eigenvalue weighted by atomic mass is 10.3. The zero-order valence-corrected chi connectivity index (χ0v) is 8.70. The first-order chi connectivity index (χ1) is 6.72. The van der Waals surface area contributed by atoms with Gasteiger partial charge in [-0.05, 0) is 25.6 Å². The average Bonchev–Trinajstić information content (AvgIpc) is 2.43. The molecule has 0 saturated carbocycles. The Hall–Kier alpha value is -1.42. The van der Waals surface area contributed by atoms with Gasteiger partial charge in [0.05, 0.1) is 0 Å². The molecule has 2 rings (SSSR count). The molecule has 0 amide bonds. The molecule has 0 fully saturated rings. The Morgan fingerprint density at radius 1 is 1.50 bits per heavy atom. The zero-order valence-electron chi connectivity index (χ0n) is 8.70. The average molecular weight is 190 g/mol. The highest BCUT2D eigenvalue weighted by Crippen LogP contribution is 2.13. The molecule has 0 atom stereocenters. The van der Waals surface area contributed by atoms with Gasteiger partial charge in [-0.15, -0.1) is 0 Å². The number of aryl methyl sites for hydroxylation is 2. The Morgan fingerprint density at radius 2 is 2.29 bits per heavy atom. The van der Waals surface area contributed by atoms with E-state index in [1.54, 1.807) is 0 Å². The molecular formula is C10H14N4. The molecular weight excluding hydrogens is 176 g/mol. The summed E-state index contributed by atoms with van der Waals surface area (Å²) in [5, 5.41) is 3.10. The van der Waals surface area contributed by atoms with Crippen molar-refractivity contribution in [3.05, 3.63) is 23.7 Å². The molecule has 0 aliphatic carbocycles. The minimum Gasteiger partial charge on any atom is -0.316 e. The fraction of sp³-hybridized carbons (Fsp3) is 0.400. The number of nitrogens with zero attached hydrogens (tertiary/aromatic N) is 3. The maximum atomic E-state index is 4.43. The molecule has 4 heteroatoms. The number of aromatic nitrogens is 3. The molecule has 0 saturated heterocycles. The number of pyridine rings is 1. The summed E-state index contributed by atoms with van der Waals surface area (Å²) in [7, 11) is 3.91. The van der Waals surface area contributed by atoms with E-state index in [-0.39, 0.29) is 0 Å². The summed E-state index contributed by atoms with van der Waals surface area (Å²) >= 11 is 0. The van der Waals surface area contributed by atoms with Crippen molar-refractivity contribution >= 4 is 11.2 Å². The molecule has 2 heterocycles. The Morgan fingerprint density at radius 3 is 3.00 bits per heavy atom. The van der Waals surface area contributed by atoms with E-state index in [0.29, 0.717) is 0 Å². The van der Waals surface area contributed by atoms with Gasteiger partial charge < -0.3 is 9.88 Å². The van der Waals surface area contributed by atoms with Crippen LogP contribution < -0.4 is 5.32 Å². The van der Waals surface area contributed by atoms with Crippen molar-refractivity contribution in [2.45, 2.75) is 13.5 Å². The third-order valence-corrected chi connectivity index (χ3v) is 2.37. The molecule has 0 aliphatic heterocycles. The standard InChI is InChI=1S/C10H14N4/c1-7-13-9-4-8(5-11-2)6-12-10(9)14(7)3/h4,6,11H,5H2,1-3H3. The van der Waals surface area contributed by atoms with Gasteiger partial charge in [0, 0.05) is 19.8 Å². The summed E-state index contributed by atoms with van der Waals surface area (Å²) in [6.45, 7) is 2.82. The van der Waals surface area contributed by atoms with Gasteiger partial charge in [-0.25, -0.2) is 9.97 Å². The Labute approximate surface area is 83.0 Å². The highest BCUT2D eigenvalue weighted by molar-refractivity contribution is 5.71. The van der Waals surface area contributed by atoms with Crippen LogP contribution in [0.2, 0.25) is 0 Å². The maximum Gasteiger partial charge on any atom is 0.159 e. The van der Waals surface area contributed by atoms with Crippen LogP contribution in [0.25, 0.3) is 11.2 Å². The first kappa shape index (κ1) is 9.15. The number of hydrogen-bond donors (Lipinski definition) is 1. The van der Waals surface area contributed by atoms with E-state index in [9.17, 15) is 0 Å². The highest BCUT2D eigenvalue weighted by Gasteiger charge is 2.05. The number of imidazole rings is 1. The first-order valence-electron chi connectivity index (χ1n) is 4.65. The van der Waals surface area contributed by atoms with Gasteiger partial charge in [0.1, 0.15) is 11.3 Å². The molecule has 1 N–H and O–H groups in total. The second-order valence-electron chi connectivity index (χ2n) is 3.43. The molecule has 0 aromatic carbocycles. The van der Waals surface area contributed by atoms with E-state index in [0.717, 1.165) is 29.1 Å². The lowest BCUT2D eigenvalue weighted by molar-refractivity contribution is 0.814. The lowest BCUT2D eigenvalue weighted by Gasteiger charge is -1.99. The summed E-state index contributed by atoms with van der Waals surface area (Å²) < 4.78 is 2.00. The van der Waals surface area contributed by atoms with Gasteiger partial charge in [0.15, 0.2) is 5.65 Å². The lowest BCUT2D eigenvalue weighted by Crippen LogP contribution is -2.05. The summed E-state index contributed by atoms with van der Waals surface area (Å²) in [4.78, 5) is 8.81. The van der Waals surface area contributed by atoms with E-state index in [1.165, 1.54) is 0 Å². The second kappa shape index (κ2) is 3.38. The van der Waals surface area contributed by atoms with Crippen molar-refractivity contribution in [3.63, 3.8) is 0 Å². The summed E-state index contributed by atoms with van der Waals surface area (Å²) in [6.07, 6.45) is 1.89. The van der Waals surface area contributed by atoms with Crippen LogP contribution in [0, 0.1) is 6.92 Å². The van der Waals surface area contributed by atoms with Gasteiger partial charge in [-0.2, -0.15) is 0 Å². The van der Waals surface area contributed by atoms with E-state index < -0.39 is 0 Å². The van der Waals surface area contributed by atoms with Crippen LogP contribution in [-0.2, 0) is 13.6 Å². The highest BCUT2D eigenvalue weighted by atomic mass is 15.1. The third-order valence-electron chi connectivity index (χ3n) is 2.37. The van der Waals surface area contributed by atoms with Gasteiger partial charge in [0.25, 0.3) is 0 Å². The fourth-order valence-electron chi connectivity index (χ4n) is 1.53. The van der Waals surface area contributed by atoms with Crippen LogP contribution in [0.15, 0.2) is 12.3 Å². The van der Waals surface area contributed by atoms with E-state index in [1.807, 2.05) is 31.8 Å². The van der Waals surface area contributed by atoms with Gasteiger partial charge in [-0.3, -0.25) is 0 Å². The molecule has 0 bridgehead atoms. The SMILES string of the molecule is CNCc1cnc2c(c1)nc(C)n2C. The maximum absolute atomic E-state index is 4.43. The van der Waals surface area contributed by atoms with Crippen LogP contribution in [0.4, 0.5) is 0 Å². The van der Waals surface area contributed by atoms with Crippen LogP contribution in [0.1, 0.15) is 11.4 Å². The molecule has 14 heavy (non-hydrogen) atoms. The number of nitrogens with one attached hydrogen (secondary N) is 1. The molecule has 4 nitrogen and oxygen atoms in total. The molecule has 2 aromatic rings. The van der Waals surface area contributed by atoms with Crippen molar-refractivity contribution < 1.29 is 0 Å². The second-order valence-corrected chi connectivity index (χ2v) is 3.43. The van der Waals surface area contributed by atoms with Crippen LogP contribution in [0.5, 0.6) is 0 Å². The number of fused-ring (bicyclic) bond motifs is 1. The quantitative estimate of drug-likeness (QED) is 0.768. The van der Waals surface area contributed by atoms with Crippen molar-refractivity contribution in [1.29, 1.82) is 0 Å². The van der Waals surface area contributed by atoms with Crippen molar-refractivity contribution in [2.24, 2.45) is 7.05 Å². The number of hydrogen-bond acceptors (Lipinski definition) is 3. The minimum atomic E-state index is 0.832. The minimum absolute atomic E-state index is 0.832. The Bertz CT molecular complexity index is 458. The molecule has 0 radical (unpaired) electrons. The van der Waals surface area contributed by atoms with Gasteiger partial charge in [-0.1, -0.05) is 0 Å². The molecule has 74 valence electrons. The summed E-state index contributed by atoms with van der Waals surface area (Å²) in [6, 6.07) is 2.08. The molecule has 0 unspecified atom stereocenters. The number of rotatable bonds is 2. The van der Waals surface area contributed by atoms with Crippen LogP contribution in [0.3, 0.4) is 0 Å². The van der Waals surface area contributed by atoms with Crippen LogP contribution in [-0.4, -0.2) is 21.6 Å². The molecule has 0 aliphatic rings. The first-order valence-corrected chi connectivity index (χ1v) is 4.65. The fourth-order valence-corrected chi connectivity index (χ4v) is 1.53. The topological polar surface area (TPSA) is 42.7 Å². The van der Waals surface area contributed by atoms with E-state index in [4.69, 9.17) is 0 Å². The van der Waals surface area contributed by atoms with E-state index >= 15 is 0 Å². The summed E-state index contributed by atoms with van der Waals surface area (Å²) in [5.74, 6) is 0.995. The monoisotopic (exact) mass is 190 g/mol. The molecule has 2 aromatic heterocycles. The summed E-state index contributed by atoms with van der Waals surface area (Å²) in [5.41, 5.74) is 3.08. The third kappa shape index (κ3) is 1.37. The Balaban J connectivity index is 2.56. The zero-order chi connectivity index (χ0) is 10.1.